The summed E-state index contributed by atoms with van der Waals surface area (Å²) in [7, 11) is 0. The van der Waals surface area contributed by atoms with Crippen molar-refractivity contribution in [3.63, 3.8) is 0 Å². The van der Waals surface area contributed by atoms with Crippen LogP contribution in [0.5, 0.6) is 5.75 Å². The molecular formula is C10H6BrF5N2O. The summed E-state index contributed by atoms with van der Waals surface area (Å²) in [4.78, 5) is 3.24. The second-order valence-electron chi connectivity index (χ2n) is 3.29. The highest BCUT2D eigenvalue weighted by molar-refractivity contribution is 9.08. The third-order valence-electron chi connectivity index (χ3n) is 2.08. The summed E-state index contributed by atoms with van der Waals surface area (Å²) in [5.74, 6) is -1.05. The molecule has 0 saturated carbocycles. The van der Waals surface area contributed by atoms with E-state index in [1.54, 1.807) is 6.07 Å². The molecule has 19 heavy (non-hydrogen) atoms. The zero-order valence-electron chi connectivity index (χ0n) is 9.14. The molecule has 104 valence electrons. The second kappa shape index (κ2) is 6.14. The van der Waals surface area contributed by atoms with Crippen molar-refractivity contribution in [3.05, 3.63) is 23.0 Å². The van der Waals surface area contributed by atoms with Crippen molar-refractivity contribution in [2.45, 2.75) is 24.5 Å². The maximum absolute atomic E-state index is 12.6. The van der Waals surface area contributed by atoms with Crippen molar-refractivity contribution >= 4 is 15.9 Å². The summed E-state index contributed by atoms with van der Waals surface area (Å²) in [5.41, 5.74) is -1.17. The summed E-state index contributed by atoms with van der Waals surface area (Å²) in [6.45, 7) is 0. The number of pyridine rings is 1. The lowest BCUT2D eigenvalue weighted by Gasteiger charge is -2.17. The highest BCUT2D eigenvalue weighted by Crippen LogP contribution is 2.37. The van der Waals surface area contributed by atoms with E-state index in [2.05, 4.69) is 25.7 Å². The van der Waals surface area contributed by atoms with E-state index in [9.17, 15) is 22.0 Å². The predicted octanol–water partition coefficient (Wildman–Crippen LogP) is 3.88. The number of ether oxygens (including phenoxy) is 1. The largest absolute Gasteiger partial charge is 0.573 e. The monoisotopic (exact) mass is 344 g/mol. The minimum atomic E-state index is -5.12. The van der Waals surface area contributed by atoms with Crippen molar-refractivity contribution in [1.82, 2.24) is 4.98 Å². The Morgan fingerprint density at radius 3 is 2.47 bits per heavy atom. The van der Waals surface area contributed by atoms with Crippen LogP contribution in [0.2, 0.25) is 0 Å². The van der Waals surface area contributed by atoms with Gasteiger partial charge in [-0.3, -0.25) is 4.98 Å². The lowest BCUT2D eigenvalue weighted by Crippen LogP contribution is -2.20. The SMILES string of the molecule is N#CCc1cnc(C(F)F)c(OC(F)(F)F)c1CBr. The van der Waals surface area contributed by atoms with Crippen LogP contribution in [0, 0.1) is 11.3 Å². The van der Waals surface area contributed by atoms with Gasteiger partial charge in [0.15, 0.2) is 5.75 Å². The zero-order chi connectivity index (χ0) is 14.6. The molecule has 0 radical (unpaired) electrons. The Bertz CT molecular complexity index is 498. The maximum Gasteiger partial charge on any atom is 0.573 e. The Balaban J connectivity index is 3.42. The van der Waals surface area contributed by atoms with Crippen LogP contribution in [0.4, 0.5) is 22.0 Å². The Labute approximate surface area is 113 Å². The van der Waals surface area contributed by atoms with E-state index >= 15 is 0 Å². The molecule has 0 aliphatic carbocycles. The Morgan fingerprint density at radius 1 is 1.42 bits per heavy atom. The molecule has 1 rings (SSSR count). The molecule has 0 saturated heterocycles. The first kappa shape index (κ1) is 15.6. The average Bonchev–Trinajstić information content (AvgIpc) is 2.27. The van der Waals surface area contributed by atoms with E-state index in [1.807, 2.05) is 0 Å². The summed E-state index contributed by atoms with van der Waals surface area (Å²) in [5, 5.41) is 8.37. The molecule has 9 heteroatoms. The molecule has 1 heterocycles. The fourth-order valence-corrected chi connectivity index (χ4v) is 1.97. The number of hydrogen-bond acceptors (Lipinski definition) is 3. The number of hydrogen-bond donors (Lipinski definition) is 0. The fourth-order valence-electron chi connectivity index (χ4n) is 1.35. The highest BCUT2D eigenvalue weighted by atomic mass is 79.9. The van der Waals surface area contributed by atoms with Crippen molar-refractivity contribution < 1.29 is 26.7 Å². The molecular weight excluding hydrogens is 339 g/mol. The molecule has 1 aromatic heterocycles. The molecule has 1 aromatic rings. The fraction of sp³-hybridized carbons (Fsp3) is 0.400. The van der Waals surface area contributed by atoms with Crippen LogP contribution < -0.4 is 4.74 Å². The molecule has 0 fully saturated rings. The van der Waals surface area contributed by atoms with E-state index in [1.165, 1.54) is 0 Å². The third-order valence-corrected chi connectivity index (χ3v) is 2.64. The average molecular weight is 345 g/mol. The zero-order valence-corrected chi connectivity index (χ0v) is 10.7. The lowest BCUT2D eigenvalue weighted by atomic mass is 10.1. The van der Waals surface area contributed by atoms with Gasteiger partial charge in [0.25, 0.3) is 6.43 Å². The standard InChI is InChI=1S/C10H6BrF5N2O/c11-3-6-5(1-2-17)4-18-7(9(12)13)8(6)19-10(14,15)16/h4,9H,1,3H2. The van der Waals surface area contributed by atoms with Gasteiger partial charge in [0.05, 0.1) is 12.5 Å². The molecule has 0 atom stereocenters. The number of rotatable bonds is 4. The van der Waals surface area contributed by atoms with E-state index < -0.39 is 24.2 Å². The normalized spacial score (nSPS) is 11.5. The van der Waals surface area contributed by atoms with Gasteiger partial charge >= 0.3 is 6.36 Å². The van der Waals surface area contributed by atoms with Crippen LogP contribution in [0.25, 0.3) is 0 Å². The molecule has 0 aliphatic rings. The van der Waals surface area contributed by atoms with E-state index in [0.717, 1.165) is 6.20 Å². The van der Waals surface area contributed by atoms with Gasteiger partial charge in [0, 0.05) is 17.1 Å². The van der Waals surface area contributed by atoms with E-state index in [-0.39, 0.29) is 22.9 Å². The third kappa shape index (κ3) is 4.02. The van der Waals surface area contributed by atoms with Gasteiger partial charge in [-0.1, -0.05) is 15.9 Å². The van der Waals surface area contributed by atoms with Crippen LogP contribution in [-0.4, -0.2) is 11.3 Å². The van der Waals surface area contributed by atoms with Crippen molar-refractivity contribution in [2.24, 2.45) is 0 Å². The topological polar surface area (TPSA) is 45.9 Å². The molecule has 0 bridgehead atoms. The Kier molecular flexibility index (Phi) is 5.05. The Hall–Kier alpha value is -1.43. The van der Waals surface area contributed by atoms with Crippen molar-refractivity contribution in [2.75, 3.05) is 0 Å². The number of nitriles is 1. The van der Waals surface area contributed by atoms with Crippen molar-refractivity contribution in [1.29, 1.82) is 5.26 Å². The van der Waals surface area contributed by atoms with Gasteiger partial charge < -0.3 is 4.74 Å². The Morgan fingerprint density at radius 2 is 2.05 bits per heavy atom. The lowest BCUT2D eigenvalue weighted by molar-refractivity contribution is -0.275. The number of aromatic nitrogens is 1. The number of nitrogens with zero attached hydrogens (tertiary/aromatic N) is 2. The predicted molar refractivity (Wildman–Crippen MR) is 57.8 cm³/mol. The second-order valence-corrected chi connectivity index (χ2v) is 3.85. The first-order valence-electron chi connectivity index (χ1n) is 4.77. The summed E-state index contributed by atoms with van der Waals surface area (Å²) in [6.07, 6.45) is -7.64. The molecule has 3 nitrogen and oxygen atoms in total. The molecule has 0 unspecified atom stereocenters. The van der Waals surface area contributed by atoms with Crippen molar-refractivity contribution in [3.8, 4) is 11.8 Å². The van der Waals surface area contributed by atoms with Crippen LogP contribution in [0.1, 0.15) is 23.2 Å². The molecule has 0 spiro atoms. The van der Waals surface area contributed by atoms with Crippen LogP contribution in [0.15, 0.2) is 6.20 Å². The first-order valence-corrected chi connectivity index (χ1v) is 5.89. The van der Waals surface area contributed by atoms with E-state index in [0.29, 0.717) is 0 Å². The maximum atomic E-state index is 12.6. The van der Waals surface area contributed by atoms with Gasteiger partial charge in [0.1, 0.15) is 5.69 Å². The first-order chi connectivity index (χ1) is 8.80. The smallest absolute Gasteiger partial charge is 0.403 e. The van der Waals surface area contributed by atoms with Gasteiger partial charge in [-0.15, -0.1) is 13.2 Å². The molecule has 0 amide bonds. The summed E-state index contributed by atoms with van der Waals surface area (Å²) < 4.78 is 65.6. The van der Waals surface area contributed by atoms with Gasteiger partial charge in [-0.25, -0.2) is 8.78 Å². The summed E-state index contributed by atoms with van der Waals surface area (Å²) in [6, 6.07) is 1.71. The highest BCUT2D eigenvalue weighted by Gasteiger charge is 2.35. The quantitative estimate of drug-likeness (QED) is 0.615. The minimum Gasteiger partial charge on any atom is -0.403 e. The summed E-state index contributed by atoms with van der Waals surface area (Å²) >= 11 is 2.89. The molecule has 0 N–H and O–H groups in total. The molecule has 0 aromatic carbocycles. The number of halogens is 6. The number of alkyl halides is 6. The van der Waals surface area contributed by atoms with Crippen LogP contribution in [0.3, 0.4) is 0 Å². The minimum absolute atomic E-state index is 0.100. The van der Waals surface area contributed by atoms with Gasteiger partial charge in [-0.2, -0.15) is 5.26 Å². The van der Waals surface area contributed by atoms with Crippen LogP contribution >= 0.6 is 15.9 Å². The van der Waals surface area contributed by atoms with E-state index in [4.69, 9.17) is 5.26 Å². The molecule has 0 aliphatic heterocycles. The van der Waals surface area contributed by atoms with Gasteiger partial charge in [0.2, 0.25) is 0 Å². The van der Waals surface area contributed by atoms with Gasteiger partial charge in [-0.05, 0) is 5.56 Å². The van der Waals surface area contributed by atoms with Crippen LogP contribution in [-0.2, 0) is 11.8 Å².